The Balaban J connectivity index is 1.93. The molecule has 1 heterocycles. The Morgan fingerprint density at radius 2 is 1.75 bits per heavy atom. The smallest absolute Gasteiger partial charge is 0.275 e. The maximum atomic E-state index is 13.9. The lowest BCUT2D eigenvalue weighted by atomic mass is 9.88. The van der Waals surface area contributed by atoms with Gasteiger partial charge in [-0.1, -0.05) is 19.1 Å². The molecule has 0 radical (unpaired) electrons. The summed E-state index contributed by atoms with van der Waals surface area (Å²) in [5.74, 6) is -4.01. The molecule has 0 saturated carbocycles. The third-order valence-electron chi connectivity index (χ3n) is 5.05. The van der Waals surface area contributed by atoms with Crippen LogP contribution in [0.15, 0.2) is 53.5 Å². The Morgan fingerprint density at radius 3 is 2.41 bits per heavy atom. The van der Waals surface area contributed by atoms with E-state index in [4.69, 9.17) is 0 Å². The van der Waals surface area contributed by atoms with Gasteiger partial charge >= 0.3 is 0 Å². The molecule has 1 atom stereocenters. The topological polar surface area (TPSA) is 86.3 Å². The van der Waals surface area contributed by atoms with Crippen molar-refractivity contribution >= 4 is 5.91 Å². The summed E-state index contributed by atoms with van der Waals surface area (Å²) < 4.78 is 41.6. The maximum absolute atomic E-state index is 13.9. The van der Waals surface area contributed by atoms with E-state index in [1.54, 1.807) is 6.07 Å². The second kappa shape index (κ2) is 10.1. The van der Waals surface area contributed by atoms with Crippen LogP contribution in [0.1, 0.15) is 47.3 Å². The van der Waals surface area contributed by atoms with Crippen LogP contribution in [0.25, 0.3) is 0 Å². The molecule has 168 valence electrons. The van der Waals surface area contributed by atoms with Crippen LogP contribution in [-0.4, -0.2) is 39.2 Å². The number of aromatic nitrogens is 2. The third kappa shape index (κ3) is 5.35. The Bertz CT molecular complexity index is 1150. The van der Waals surface area contributed by atoms with Gasteiger partial charge in [0.15, 0.2) is 11.4 Å². The first-order chi connectivity index (χ1) is 15.3. The van der Waals surface area contributed by atoms with Crippen molar-refractivity contribution in [3.8, 4) is 5.75 Å². The highest BCUT2D eigenvalue weighted by atomic mass is 19.1. The first-order valence-corrected chi connectivity index (χ1v) is 10.1. The van der Waals surface area contributed by atoms with Gasteiger partial charge in [0.2, 0.25) is 5.43 Å². The molecule has 1 amide bonds. The number of benzene rings is 2. The number of hydrogen-bond acceptors (Lipinski definition) is 4. The first-order valence-electron chi connectivity index (χ1n) is 10.1. The molecule has 0 saturated heterocycles. The van der Waals surface area contributed by atoms with Gasteiger partial charge in [-0.15, -0.1) is 0 Å². The number of halogens is 3. The van der Waals surface area contributed by atoms with Crippen LogP contribution >= 0.6 is 0 Å². The Morgan fingerprint density at radius 1 is 1.06 bits per heavy atom. The van der Waals surface area contributed by atoms with Crippen molar-refractivity contribution in [2.75, 3.05) is 13.1 Å². The summed E-state index contributed by atoms with van der Waals surface area (Å²) in [5.41, 5.74) is -0.340. The fourth-order valence-electron chi connectivity index (χ4n) is 3.60. The van der Waals surface area contributed by atoms with Gasteiger partial charge in [-0.25, -0.2) is 13.2 Å². The normalized spacial score (nSPS) is 11.9. The highest BCUT2D eigenvalue weighted by Crippen LogP contribution is 2.30. The number of aromatic hydroxyl groups is 1. The molecule has 0 bridgehead atoms. The van der Waals surface area contributed by atoms with Crippen molar-refractivity contribution in [2.24, 2.45) is 0 Å². The minimum absolute atomic E-state index is 0.113. The van der Waals surface area contributed by atoms with Crippen LogP contribution in [0.3, 0.4) is 0 Å². The van der Waals surface area contributed by atoms with Gasteiger partial charge in [-0.2, -0.15) is 5.10 Å². The van der Waals surface area contributed by atoms with Gasteiger partial charge in [0.1, 0.15) is 17.5 Å². The molecule has 1 unspecified atom stereocenters. The molecule has 0 fully saturated rings. The van der Waals surface area contributed by atoms with Crippen molar-refractivity contribution in [3.05, 3.63) is 93.2 Å². The predicted octanol–water partition coefficient (Wildman–Crippen LogP) is 3.97. The van der Waals surface area contributed by atoms with Crippen molar-refractivity contribution in [3.63, 3.8) is 0 Å². The molecule has 32 heavy (non-hydrogen) atoms. The Labute approximate surface area is 182 Å². The standard InChI is InChI=1S/C23H22F3N3O3/c1-2-7-29(23(32)21-22(31)20(30)13-27-28-21)8-6-19(14-4-3-5-16(24)9-14)15-10-17(25)12-18(26)11-15/h3-5,9-13,19H,2,6-8H2,1H3,(H,27,31)(H,28,30). The van der Waals surface area contributed by atoms with Crippen LogP contribution in [0.2, 0.25) is 0 Å². The van der Waals surface area contributed by atoms with Gasteiger partial charge in [0.05, 0.1) is 6.20 Å². The summed E-state index contributed by atoms with van der Waals surface area (Å²) in [6, 6.07) is 8.80. The number of hydrogen-bond donors (Lipinski definition) is 2. The quantitative estimate of drug-likeness (QED) is 0.550. The second-order valence-electron chi connectivity index (χ2n) is 7.35. The molecular weight excluding hydrogens is 423 g/mol. The fraction of sp³-hybridized carbons (Fsp3) is 0.261. The van der Waals surface area contributed by atoms with Gasteiger partial charge in [-0.05, 0) is 48.2 Å². The number of aromatic amines is 1. The average molecular weight is 445 g/mol. The van der Waals surface area contributed by atoms with E-state index in [-0.39, 0.29) is 18.7 Å². The number of H-pyrrole nitrogens is 1. The van der Waals surface area contributed by atoms with E-state index in [1.165, 1.54) is 35.2 Å². The zero-order valence-electron chi connectivity index (χ0n) is 17.3. The number of amides is 1. The SMILES string of the molecule is CCCN(CCC(c1cccc(F)c1)c1cc(F)cc(F)c1)C(=O)c1[nH]ncc(=O)c1O. The monoisotopic (exact) mass is 445 g/mol. The lowest BCUT2D eigenvalue weighted by Gasteiger charge is -2.26. The largest absolute Gasteiger partial charge is 0.502 e. The molecule has 2 N–H and O–H groups in total. The summed E-state index contributed by atoms with van der Waals surface area (Å²) >= 11 is 0. The maximum Gasteiger partial charge on any atom is 0.275 e. The molecule has 6 nitrogen and oxygen atoms in total. The number of nitrogens with zero attached hydrogens (tertiary/aromatic N) is 2. The summed E-state index contributed by atoms with van der Waals surface area (Å²) in [6.45, 7) is 2.25. The molecule has 2 aromatic carbocycles. The number of carbonyl (C=O) groups excluding carboxylic acids is 1. The number of rotatable bonds is 8. The zero-order chi connectivity index (χ0) is 23.3. The van der Waals surface area contributed by atoms with Crippen LogP contribution < -0.4 is 5.43 Å². The van der Waals surface area contributed by atoms with Crippen LogP contribution in [0, 0.1) is 17.5 Å². The second-order valence-corrected chi connectivity index (χ2v) is 7.35. The zero-order valence-corrected chi connectivity index (χ0v) is 17.3. The lowest BCUT2D eigenvalue weighted by Crippen LogP contribution is -2.35. The van der Waals surface area contributed by atoms with E-state index in [1.807, 2.05) is 6.92 Å². The van der Waals surface area contributed by atoms with Crippen LogP contribution in [0.5, 0.6) is 5.75 Å². The Hall–Kier alpha value is -3.62. The lowest BCUT2D eigenvalue weighted by molar-refractivity contribution is 0.0741. The van der Waals surface area contributed by atoms with E-state index in [2.05, 4.69) is 10.2 Å². The molecule has 0 aliphatic carbocycles. The van der Waals surface area contributed by atoms with Gasteiger partial charge in [0, 0.05) is 25.1 Å². The molecule has 0 aliphatic heterocycles. The van der Waals surface area contributed by atoms with Crippen molar-refractivity contribution in [1.82, 2.24) is 15.1 Å². The number of nitrogens with one attached hydrogen (secondary N) is 1. The predicted molar refractivity (Wildman–Crippen MR) is 112 cm³/mol. The average Bonchev–Trinajstić information content (AvgIpc) is 2.74. The number of carbonyl (C=O) groups is 1. The molecule has 1 aromatic heterocycles. The molecule has 9 heteroatoms. The van der Waals surface area contributed by atoms with Gasteiger partial charge in [-0.3, -0.25) is 14.7 Å². The minimum atomic E-state index is -0.795. The highest BCUT2D eigenvalue weighted by molar-refractivity contribution is 5.94. The van der Waals surface area contributed by atoms with Crippen molar-refractivity contribution in [1.29, 1.82) is 0 Å². The fourth-order valence-corrected chi connectivity index (χ4v) is 3.60. The first kappa shape index (κ1) is 23.1. The van der Waals surface area contributed by atoms with Crippen molar-refractivity contribution in [2.45, 2.75) is 25.7 Å². The summed E-state index contributed by atoms with van der Waals surface area (Å²) in [7, 11) is 0. The van der Waals surface area contributed by atoms with Crippen LogP contribution in [-0.2, 0) is 0 Å². The highest BCUT2D eigenvalue weighted by Gasteiger charge is 2.24. The molecule has 3 aromatic rings. The van der Waals surface area contributed by atoms with E-state index in [0.717, 1.165) is 12.3 Å². The van der Waals surface area contributed by atoms with Gasteiger partial charge < -0.3 is 10.0 Å². The van der Waals surface area contributed by atoms with Crippen molar-refractivity contribution < 1.29 is 23.1 Å². The molecular formula is C23H22F3N3O3. The molecule has 3 rings (SSSR count). The van der Waals surface area contributed by atoms with E-state index < -0.39 is 40.5 Å². The van der Waals surface area contributed by atoms with Crippen LogP contribution in [0.4, 0.5) is 13.2 Å². The summed E-state index contributed by atoms with van der Waals surface area (Å²) in [6.07, 6.45) is 1.65. The Kier molecular flexibility index (Phi) is 7.29. The van der Waals surface area contributed by atoms with E-state index in [9.17, 15) is 27.9 Å². The summed E-state index contributed by atoms with van der Waals surface area (Å²) in [5, 5.41) is 15.9. The van der Waals surface area contributed by atoms with Gasteiger partial charge in [0.25, 0.3) is 5.91 Å². The summed E-state index contributed by atoms with van der Waals surface area (Å²) in [4.78, 5) is 26.0. The molecule has 0 spiro atoms. The molecule has 0 aliphatic rings. The van der Waals surface area contributed by atoms with E-state index >= 15 is 0 Å². The van der Waals surface area contributed by atoms with E-state index in [0.29, 0.717) is 24.1 Å². The third-order valence-corrected chi connectivity index (χ3v) is 5.05. The minimum Gasteiger partial charge on any atom is -0.502 e.